The average Bonchev–Trinajstić information content (AvgIpc) is 2.97. The van der Waals surface area contributed by atoms with Crippen LogP contribution in [0.2, 0.25) is 0 Å². The van der Waals surface area contributed by atoms with Crippen molar-refractivity contribution in [2.24, 2.45) is 0 Å². The number of nitrogens with one attached hydrogen (secondary N) is 1. The lowest BCUT2D eigenvalue weighted by molar-refractivity contribution is -0.139. The smallest absolute Gasteiger partial charge is 0.445 e. The van der Waals surface area contributed by atoms with Crippen LogP contribution in [0, 0.1) is 0 Å². The van der Waals surface area contributed by atoms with Gasteiger partial charge in [0.25, 0.3) is 0 Å². The first-order valence-electron chi connectivity index (χ1n) is 6.62. The van der Waals surface area contributed by atoms with E-state index in [0.717, 1.165) is 0 Å². The predicted molar refractivity (Wildman–Crippen MR) is 74.3 cm³/mol. The van der Waals surface area contributed by atoms with Gasteiger partial charge in [0.15, 0.2) is 0 Å². The van der Waals surface area contributed by atoms with Gasteiger partial charge in [-0.1, -0.05) is 11.3 Å². The van der Waals surface area contributed by atoms with Gasteiger partial charge < -0.3 is 20.2 Å². The number of nitrogens with zero attached hydrogens (tertiary/aromatic N) is 4. The molecule has 1 aromatic heterocycles. The molecule has 1 aromatic rings. The fourth-order valence-corrected chi connectivity index (χ4v) is 2.66. The van der Waals surface area contributed by atoms with E-state index in [9.17, 15) is 22.8 Å². The van der Waals surface area contributed by atoms with Gasteiger partial charge in [-0.15, -0.1) is 10.2 Å². The molecule has 0 unspecified atom stereocenters. The Balaban J connectivity index is 1.90. The summed E-state index contributed by atoms with van der Waals surface area (Å²) in [6, 6.07) is -1.54. The third-order valence-corrected chi connectivity index (χ3v) is 4.23. The Morgan fingerprint density at radius 3 is 2.35 bits per heavy atom. The number of hydrogen-bond acceptors (Lipinski definition) is 6. The number of carboxylic acid groups (broad SMARTS) is 1. The van der Waals surface area contributed by atoms with Gasteiger partial charge in [0, 0.05) is 26.2 Å². The summed E-state index contributed by atoms with van der Waals surface area (Å²) in [5.41, 5.74) is 0. The summed E-state index contributed by atoms with van der Waals surface area (Å²) < 4.78 is 37.5. The molecule has 2 rings (SSSR count). The number of carbonyl (C=O) groups is 2. The Bertz CT molecular complexity index is 586. The molecule has 0 radical (unpaired) electrons. The van der Waals surface area contributed by atoms with E-state index in [1.54, 1.807) is 4.90 Å². The van der Waals surface area contributed by atoms with Gasteiger partial charge in [0.2, 0.25) is 10.1 Å². The number of urea groups is 1. The number of aromatic nitrogens is 2. The standard InChI is InChI=1S/C11H14F3N5O3S/c1-6(7(20)21)15-9(22)18-2-4-19(5-3-18)10-17-16-8(23-10)11(12,13)14/h6H,2-5H2,1H3,(H,15,22)(H,20,21)/t6-/m1/s1. The van der Waals surface area contributed by atoms with Gasteiger partial charge in [0.1, 0.15) is 6.04 Å². The van der Waals surface area contributed by atoms with Crippen molar-refractivity contribution in [1.82, 2.24) is 20.4 Å². The topological polar surface area (TPSA) is 98.7 Å². The van der Waals surface area contributed by atoms with Crippen LogP contribution in [0.5, 0.6) is 0 Å². The molecular weight excluding hydrogens is 339 g/mol. The minimum atomic E-state index is -4.52. The van der Waals surface area contributed by atoms with Gasteiger partial charge in [0.05, 0.1) is 0 Å². The number of piperazine rings is 1. The Morgan fingerprint density at radius 1 is 1.26 bits per heavy atom. The van der Waals surface area contributed by atoms with Crippen LogP contribution in [0.3, 0.4) is 0 Å². The van der Waals surface area contributed by atoms with Gasteiger partial charge in [-0.2, -0.15) is 13.2 Å². The predicted octanol–water partition coefficient (Wildman–Crippen LogP) is 0.862. The van der Waals surface area contributed by atoms with Crippen LogP contribution in [0.15, 0.2) is 0 Å². The lowest BCUT2D eigenvalue weighted by Crippen LogP contribution is -2.54. The molecule has 0 aromatic carbocycles. The molecule has 1 saturated heterocycles. The molecule has 2 N–H and O–H groups in total. The van der Waals surface area contributed by atoms with Crippen LogP contribution in [-0.2, 0) is 11.0 Å². The van der Waals surface area contributed by atoms with Gasteiger partial charge in [-0.05, 0) is 6.92 Å². The summed E-state index contributed by atoms with van der Waals surface area (Å²) in [5.74, 6) is -1.15. The van der Waals surface area contributed by atoms with Crippen LogP contribution >= 0.6 is 11.3 Å². The fraction of sp³-hybridized carbons (Fsp3) is 0.636. The van der Waals surface area contributed by atoms with Gasteiger partial charge in [-0.3, -0.25) is 4.79 Å². The third-order valence-electron chi connectivity index (χ3n) is 3.20. The van der Waals surface area contributed by atoms with E-state index in [2.05, 4.69) is 15.5 Å². The normalized spacial score (nSPS) is 17.0. The largest absolute Gasteiger partial charge is 0.480 e. The number of hydrogen-bond donors (Lipinski definition) is 2. The zero-order valence-electron chi connectivity index (χ0n) is 12.0. The van der Waals surface area contributed by atoms with E-state index < -0.39 is 29.2 Å². The lowest BCUT2D eigenvalue weighted by Gasteiger charge is -2.34. The quantitative estimate of drug-likeness (QED) is 0.836. The first-order chi connectivity index (χ1) is 10.7. The highest BCUT2D eigenvalue weighted by molar-refractivity contribution is 7.15. The lowest BCUT2D eigenvalue weighted by atomic mass is 10.3. The van der Waals surface area contributed by atoms with E-state index in [4.69, 9.17) is 5.11 Å². The number of carbonyl (C=O) groups excluding carboxylic acids is 1. The number of anilines is 1. The Hall–Kier alpha value is -2.11. The molecule has 1 aliphatic rings. The summed E-state index contributed by atoms with van der Waals surface area (Å²) in [4.78, 5) is 25.6. The maximum atomic E-state index is 12.5. The van der Waals surface area contributed by atoms with Gasteiger partial charge >= 0.3 is 18.2 Å². The summed E-state index contributed by atoms with van der Waals surface area (Å²) in [7, 11) is 0. The minimum absolute atomic E-state index is 0.149. The van der Waals surface area contributed by atoms with Crippen LogP contribution in [-0.4, -0.2) is 64.4 Å². The van der Waals surface area contributed by atoms with Crippen molar-refractivity contribution in [3.8, 4) is 0 Å². The second-order valence-electron chi connectivity index (χ2n) is 4.87. The summed E-state index contributed by atoms with van der Waals surface area (Å²) in [6.07, 6.45) is -4.52. The highest BCUT2D eigenvalue weighted by atomic mass is 32.1. The Kier molecular flexibility index (Phi) is 4.92. The monoisotopic (exact) mass is 353 g/mol. The van der Waals surface area contributed by atoms with E-state index in [1.165, 1.54) is 11.8 Å². The first-order valence-corrected chi connectivity index (χ1v) is 7.44. The Labute approximate surface area is 132 Å². The maximum absolute atomic E-state index is 12.5. The molecule has 1 aliphatic heterocycles. The summed E-state index contributed by atoms with van der Waals surface area (Å²) in [5, 5.41) is 16.8. The van der Waals surface area contributed by atoms with Crippen LogP contribution in [0.1, 0.15) is 11.9 Å². The number of carboxylic acids is 1. The van der Waals surface area contributed by atoms with Crippen LogP contribution in [0.25, 0.3) is 0 Å². The first kappa shape index (κ1) is 17.2. The molecule has 0 spiro atoms. The number of rotatable bonds is 3. The summed E-state index contributed by atoms with van der Waals surface area (Å²) in [6.45, 7) is 2.43. The van der Waals surface area contributed by atoms with Crippen molar-refractivity contribution >= 4 is 28.5 Å². The van der Waals surface area contributed by atoms with Crippen molar-refractivity contribution in [2.75, 3.05) is 31.1 Å². The molecule has 0 aliphatic carbocycles. The minimum Gasteiger partial charge on any atom is -0.480 e. The SMILES string of the molecule is C[C@@H](NC(=O)N1CCN(c2nnc(C(F)(F)F)s2)CC1)C(=O)O. The van der Waals surface area contributed by atoms with Crippen molar-refractivity contribution in [2.45, 2.75) is 19.1 Å². The number of aliphatic carboxylic acids is 1. The van der Waals surface area contributed by atoms with Crippen molar-refractivity contribution in [3.05, 3.63) is 5.01 Å². The van der Waals surface area contributed by atoms with Crippen LogP contribution < -0.4 is 10.2 Å². The van der Waals surface area contributed by atoms with E-state index >= 15 is 0 Å². The second kappa shape index (κ2) is 6.56. The average molecular weight is 353 g/mol. The molecule has 0 bridgehead atoms. The highest BCUT2D eigenvalue weighted by Crippen LogP contribution is 2.34. The van der Waals surface area contributed by atoms with E-state index in [1.807, 2.05) is 0 Å². The molecule has 8 nitrogen and oxygen atoms in total. The zero-order valence-corrected chi connectivity index (χ0v) is 12.8. The third kappa shape index (κ3) is 4.21. The van der Waals surface area contributed by atoms with E-state index in [0.29, 0.717) is 24.4 Å². The second-order valence-corrected chi connectivity index (χ2v) is 5.83. The number of alkyl halides is 3. The molecule has 23 heavy (non-hydrogen) atoms. The van der Waals surface area contributed by atoms with Crippen LogP contribution in [0.4, 0.5) is 23.1 Å². The zero-order chi connectivity index (χ0) is 17.2. The molecular formula is C11H14F3N5O3S. The van der Waals surface area contributed by atoms with E-state index in [-0.39, 0.29) is 18.2 Å². The molecule has 12 heteroatoms. The molecule has 1 atom stereocenters. The van der Waals surface area contributed by atoms with Crippen molar-refractivity contribution in [1.29, 1.82) is 0 Å². The highest BCUT2D eigenvalue weighted by Gasteiger charge is 2.36. The maximum Gasteiger partial charge on any atom is 0.445 e. The molecule has 128 valence electrons. The molecule has 0 saturated carbocycles. The molecule has 1 fully saturated rings. The number of amides is 2. The Morgan fingerprint density at radius 2 is 1.87 bits per heavy atom. The molecule has 2 amide bonds. The fourth-order valence-electron chi connectivity index (χ4n) is 1.90. The number of halogens is 3. The summed E-state index contributed by atoms with van der Waals surface area (Å²) >= 11 is 0.452. The van der Waals surface area contributed by atoms with Crippen molar-refractivity contribution < 1.29 is 27.9 Å². The molecule has 2 heterocycles. The van der Waals surface area contributed by atoms with Crippen molar-refractivity contribution in [3.63, 3.8) is 0 Å². The van der Waals surface area contributed by atoms with Gasteiger partial charge in [-0.25, -0.2) is 4.79 Å².